The van der Waals surface area contributed by atoms with Crippen molar-refractivity contribution in [2.45, 2.75) is 64.3 Å². The minimum Gasteiger partial charge on any atom is -0.355 e. The number of carbonyl (C=O) groups is 3. The molecule has 1 N–H and O–H groups in total. The van der Waals surface area contributed by atoms with Crippen molar-refractivity contribution in [3.8, 4) is 0 Å². The zero-order valence-electron chi connectivity index (χ0n) is 14.6. The summed E-state index contributed by atoms with van der Waals surface area (Å²) in [5.74, 6) is 0.159. The fraction of sp³-hybridized carbons (Fsp3) is 0.824. The lowest BCUT2D eigenvalue weighted by molar-refractivity contribution is -0.137. The van der Waals surface area contributed by atoms with Crippen molar-refractivity contribution in [2.75, 3.05) is 20.1 Å². The maximum atomic E-state index is 12.7. The van der Waals surface area contributed by atoms with Gasteiger partial charge < -0.3 is 10.2 Å². The number of amides is 4. The van der Waals surface area contributed by atoms with E-state index in [-0.39, 0.29) is 24.4 Å². The third-order valence-electron chi connectivity index (χ3n) is 5.07. The molecule has 0 radical (unpaired) electrons. The van der Waals surface area contributed by atoms with Gasteiger partial charge in [0, 0.05) is 13.6 Å². The SMILES string of the molecule is CC(C)CCCNC(=O)CN1C(=O)N(C)C2(CCCCC2)C1=O. The number of rotatable bonds is 6. The Balaban J connectivity index is 1.91. The highest BCUT2D eigenvalue weighted by Crippen LogP contribution is 2.39. The lowest BCUT2D eigenvalue weighted by atomic mass is 9.81. The van der Waals surface area contributed by atoms with E-state index in [1.54, 1.807) is 11.9 Å². The molecule has 23 heavy (non-hydrogen) atoms. The Morgan fingerprint density at radius 1 is 1.22 bits per heavy atom. The molecule has 4 amide bonds. The molecule has 1 aliphatic heterocycles. The summed E-state index contributed by atoms with van der Waals surface area (Å²) in [7, 11) is 1.69. The van der Waals surface area contributed by atoms with Crippen LogP contribution in [0, 0.1) is 5.92 Å². The molecular weight excluding hydrogens is 294 g/mol. The van der Waals surface area contributed by atoms with Gasteiger partial charge in [0.05, 0.1) is 0 Å². The van der Waals surface area contributed by atoms with Gasteiger partial charge in [0.15, 0.2) is 0 Å². The van der Waals surface area contributed by atoms with Crippen molar-refractivity contribution in [1.82, 2.24) is 15.1 Å². The van der Waals surface area contributed by atoms with E-state index in [1.807, 2.05) is 0 Å². The van der Waals surface area contributed by atoms with Gasteiger partial charge in [0.1, 0.15) is 12.1 Å². The summed E-state index contributed by atoms with van der Waals surface area (Å²) >= 11 is 0. The van der Waals surface area contributed by atoms with E-state index in [4.69, 9.17) is 0 Å². The molecule has 0 unspecified atom stereocenters. The Kier molecular flexibility index (Phi) is 5.65. The largest absolute Gasteiger partial charge is 0.355 e. The number of hydrogen-bond acceptors (Lipinski definition) is 3. The molecule has 6 heteroatoms. The lowest BCUT2D eigenvalue weighted by Gasteiger charge is -2.35. The average molecular weight is 323 g/mol. The van der Waals surface area contributed by atoms with Gasteiger partial charge in [-0.1, -0.05) is 33.1 Å². The molecule has 130 valence electrons. The van der Waals surface area contributed by atoms with Crippen LogP contribution in [0.5, 0.6) is 0 Å². The van der Waals surface area contributed by atoms with Crippen LogP contribution in [0.3, 0.4) is 0 Å². The number of hydrogen-bond donors (Lipinski definition) is 1. The van der Waals surface area contributed by atoms with Gasteiger partial charge in [0.25, 0.3) is 5.91 Å². The van der Waals surface area contributed by atoms with Crippen molar-refractivity contribution in [3.05, 3.63) is 0 Å². The molecule has 1 spiro atoms. The van der Waals surface area contributed by atoms with E-state index in [1.165, 1.54) is 0 Å². The third-order valence-corrected chi connectivity index (χ3v) is 5.07. The van der Waals surface area contributed by atoms with Gasteiger partial charge >= 0.3 is 6.03 Å². The summed E-state index contributed by atoms with van der Waals surface area (Å²) in [6.45, 7) is 4.71. The second-order valence-corrected chi connectivity index (χ2v) is 7.21. The van der Waals surface area contributed by atoms with Crippen molar-refractivity contribution < 1.29 is 14.4 Å². The molecule has 1 heterocycles. The second-order valence-electron chi connectivity index (χ2n) is 7.21. The van der Waals surface area contributed by atoms with Gasteiger partial charge in [-0.05, 0) is 31.6 Å². The average Bonchev–Trinajstić information content (AvgIpc) is 2.69. The molecule has 2 fully saturated rings. The summed E-state index contributed by atoms with van der Waals surface area (Å²) in [5.41, 5.74) is -0.701. The van der Waals surface area contributed by atoms with Crippen LogP contribution < -0.4 is 5.32 Å². The first kappa shape index (κ1) is 17.8. The first-order valence-corrected chi connectivity index (χ1v) is 8.75. The van der Waals surface area contributed by atoms with E-state index in [9.17, 15) is 14.4 Å². The molecule has 0 atom stereocenters. The summed E-state index contributed by atoms with van der Waals surface area (Å²) in [6, 6.07) is -0.339. The number of nitrogens with one attached hydrogen (secondary N) is 1. The molecule has 0 aromatic rings. The third kappa shape index (κ3) is 3.67. The Morgan fingerprint density at radius 2 is 1.87 bits per heavy atom. The quantitative estimate of drug-likeness (QED) is 0.601. The van der Waals surface area contributed by atoms with Crippen molar-refractivity contribution >= 4 is 17.8 Å². The first-order valence-electron chi connectivity index (χ1n) is 8.75. The van der Waals surface area contributed by atoms with Gasteiger partial charge in [0.2, 0.25) is 5.91 Å². The van der Waals surface area contributed by atoms with E-state index < -0.39 is 5.54 Å². The van der Waals surface area contributed by atoms with E-state index in [2.05, 4.69) is 19.2 Å². The number of likely N-dealkylation sites (N-methyl/N-ethyl adjacent to an activating group) is 1. The van der Waals surface area contributed by atoms with Crippen molar-refractivity contribution in [3.63, 3.8) is 0 Å². The van der Waals surface area contributed by atoms with Crippen LogP contribution >= 0.6 is 0 Å². The highest BCUT2D eigenvalue weighted by molar-refractivity contribution is 6.08. The van der Waals surface area contributed by atoms with E-state index in [0.717, 1.165) is 37.0 Å². The number of urea groups is 1. The van der Waals surface area contributed by atoms with Crippen LogP contribution in [0.1, 0.15) is 58.8 Å². The fourth-order valence-electron chi connectivity index (χ4n) is 3.61. The molecule has 2 rings (SSSR count). The highest BCUT2D eigenvalue weighted by atomic mass is 16.2. The van der Waals surface area contributed by atoms with Crippen LogP contribution in [0.4, 0.5) is 4.79 Å². The molecule has 0 aromatic carbocycles. The smallest absolute Gasteiger partial charge is 0.327 e. The lowest BCUT2D eigenvalue weighted by Crippen LogP contribution is -2.49. The molecule has 1 saturated heterocycles. The van der Waals surface area contributed by atoms with E-state index in [0.29, 0.717) is 25.3 Å². The normalized spacial score (nSPS) is 20.7. The second kappa shape index (κ2) is 7.32. The van der Waals surface area contributed by atoms with E-state index >= 15 is 0 Å². The molecule has 1 aliphatic carbocycles. The number of nitrogens with zero attached hydrogens (tertiary/aromatic N) is 2. The minimum atomic E-state index is -0.701. The van der Waals surface area contributed by atoms with Crippen molar-refractivity contribution in [1.29, 1.82) is 0 Å². The van der Waals surface area contributed by atoms with Gasteiger partial charge in [-0.25, -0.2) is 4.79 Å². The van der Waals surface area contributed by atoms with Gasteiger partial charge in [-0.15, -0.1) is 0 Å². The van der Waals surface area contributed by atoms with Gasteiger partial charge in [-0.2, -0.15) is 0 Å². The summed E-state index contributed by atoms with van der Waals surface area (Å²) in [4.78, 5) is 39.9. The van der Waals surface area contributed by atoms with Gasteiger partial charge in [-0.3, -0.25) is 14.5 Å². The van der Waals surface area contributed by atoms with Crippen LogP contribution in [-0.2, 0) is 9.59 Å². The van der Waals surface area contributed by atoms with Crippen LogP contribution in [-0.4, -0.2) is 53.3 Å². The Labute approximate surface area is 138 Å². The molecule has 0 bridgehead atoms. The number of imide groups is 1. The zero-order chi connectivity index (χ0) is 17.0. The maximum Gasteiger partial charge on any atom is 0.327 e. The predicted molar refractivity (Wildman–Crippen MR) is 87.8 cm³/mol. The topological polar surface area (TPSA) is 69.7 Å². The summed E-state index contributed by atoms with van der Waals surface area (Å²) in [6.07, 6.45) is 6.40. The first-order chi connectivity index (χ1) is 10.9. The van der Waals surface area contributed by atoms with Crippen molar-refractivity contribution in [2.24, 2.45) is 5.92 Å². The Hall–Kier alpha value is -1.59. The van der Waals surface area contributed by atoms with Crippen LogP contribution in [0.25, 0.3) is 0 Å². The zero-order valence-corrected chi connectivity index (χ0v) is 14.6. The summed E-state index contributed by atoms with van der Waals surface area (Å²) in [5, 5.41) is 2.81. The Morgan fingerprint density at radius 3 is 2.48 bits per heavy atom. The predicted octanol–water partition coefficient (Wildman–Crippen LogP) is 2.14. The molecule has 6 nitrogen and oxygen atoms in total. The standard InChI is InChI=1S/C17H29N3O3/c1-13(2)8-7-11-18-14(21)12-20-15(22)17(19(3)16(20)23)9-5-4-6-10-17/h13H,4-12H2,1-3H3,(H,18,21). The Bertz CT molecular complexity index is 470. The minimum absolute atomic E-state index is 0.161. The molecule has 2 aliphatic rings. The van der Waals surface area contributed by atoms with Crippen LogP contribution in [0.2, 0.25) is 0 Å². The molecule has 1 saturated carbocycles. The summed E-state index contributed by atoms with van der Waals surface area (Å²) < 4.78 is 0. The monoisotopic (exact) mass is 323 g/mol. The maximum absolute atomic E-state index is 12.7. The molecular formula is C17H29N3O3. The fourth-order valence-corrected chi connectivity index (χ4v) is 3.61. The van der Waals surface area contributed by atoms with Crippen LogP contribution in [0.15, 0.2) is 0 Å². The molecule has 0 aromatic heterocycles. The highest BCUT2D eigenvalue weighted by Gasteiger charge is 2.55. The number of carbonyl (C=O) groups excluding carboxylic acids is 3.